The first-order valence-electron chi connectivity index (χ1n) is 5.55. The molecule has 0 atom stereocenters. The number of benzene rings is 2. The average molecular weight is 275 g/mol. The average Bonchev–Trinajstić information content (AvgIpc) is 2.37. The van der Waals surface area contributed by atoms with Crippen molar-refractivity contribution >= 4 is 21.8 Å². The first-order chi connectivity index (χ1) is 9.40. The Morgan fingerprint density at radius 1 is 0.850 bits per heavy atom. The molecule has 20 heavy (non-hydrogen) atoms. The fraction of sp³-hybridized carbons (Fsp3) is 0. The fourth-order valence-electron chi connectivity index (χ4n) is 2.17. The molecule has 7 heteroatoms. The molecule has 0 radical (unpaired) electrons. The summed E-state index contributed by atoms with van der Waals surface area (Å²) in [5, 5.41) is 47.6. The van der Waals surface area contributed by atoms with Crippen LogP contribution in [0.5, 0.6) is 28.7 Å². The lowest BCUT2D eigenvalue weighted by Crippen LogP contribution is -2.04. The van der Waals surface area contributed by atoms with Gasteiger partial charge in [0.25, 0.3) is 0 Å². The first-order valence-corrected chi connectivity index (χ1v) is 5.55. The van der Waals surface area contributed by atoms with E-state index in [0.29, 0.717) is 0 Å². The molecule has 0 saturated carbocycles. The van der Waals surface area contributed by atoms with Crippen LogP contribution in [0.25, 0.3) is 21.8 Å². The number of phenolic OH excluding ortho intramolecular Hbond substituents is 5. The molecule has 0 fully saturated rings. The van der Waals surface area contributed by atoms with Gasteiger partial charge in [-0.05, 0) is 6.07 Å². The molecule has 0 saturated heterocycles. The van der Waals surface area contributed by atoms with Gasteiger partial charge < -0.3 is 30.5 Å². The second-order valence-corrected chi connectivity index (χ2v) is 4.36. The molecule has 0 amide bonds. The lowest BCUT2D eigenvalue weighted by molar-refractivity contribution is 0.371. The summed E-state index contributed by atoms with van der Waals surface area (Å²) in [5.41, 5.74) is -0.681. The lowest BCUT2D eigenvalue weighted by Gasteiger charge is -2.08. The predicted molar refractivity (Wildman–Crippen MR) is 70.4 cm³/mol. The minimum absolute atomic E-state index is 0.0837. The molecule has 102 valence electrons. The molecule has 0 spiro atoms. The maximum absolute atomic E-state index is 12.3. The quantitative estimate of drug-likeness (QED) is 0.270. The van der Waals surface area contributed by atoms with Gasteiger partial charge in [0.2, 0.25) is 11.2 Å². The van der Waals surface area contributed by atoms with Crippen molar-refractivity contribution in [1.82, 2.24) is 4.98 Å². The third-order valence-electron chi connectivity index (χ3n) is 3.09. The number of nitrogens with one attached hydrogen (secondary N) is 1. The van der Waals surface area contributed by atoms with Gasteiger partial charge in [-0.25, -0.2) is 0 Å². The molecule has 0 bridgehead atoms. The van der Waals surface area contributed by atoms with Crippen molar-refractivity contribution in [1.29, 1.82) is 0 Å². The van der Waals surface area contributed by atoms with E-state index in [1.54, 1.807) is 0 Å². The highest BCUT2D eigenvalue weighted by Crippen LogP contribution is 2.40. The Morgan fingerprint density at radius 2 is 1.55 bits per heavy atom. The van der Waals surface area contributed by atoms with E-state index in [2.05, 4.69) is 4.98 Å². The molecule has 2 aromatic carbocycles. The largest absolute Gasteiger partial charge is 0.508 e. The summed E-state index contributed by atoms with van der Waals surface area (Å²) < 4.78 is 0. The highest BCUT2D eigenvalue weighted by Gasteiger charge is 2.17. The molecule has 0 aliphatic carbocycles. The van der Waals surface area contributed by atoms with Crippen LogP contribution in [-0.2, 0) is 0 Å². The van der Waals surface area contributed by atoms with Gasteiger partial charge in [0.1, 0.15) is 11.5 Å². The summed E-state index contributed by atoms with van der Waals surface area (Å²) in [5.74, 6) is -2.82. The molecule has 0 unspecified atom stereocenters. The van der Waals surface area contributed by atoms with Crippen molar-refractivity contribution < 1.29 is 25.5 Å². The minimum atomic E-state index is -0.767. The second kappa shape index (κ2) is 3.70. The van der Waals surface area contributed by atoms with Crippen LogP contribution in [0.4, 0.5) is 0 Å². The van der Waals surface area contributed by atoms with Crippen molar-refractivity contribution in [2.75, 3.05) is 0 Å². The standard InChI is InChI=1S/C13H9NO6/c15-4-1-6-9(7(16)2-4)11(18)5-3-8(17)12(19)13(20)10(5)14-6/h1-3,15-17,19-20H,(H,14,18). The molecule has 0 aliphatic rings. The van der Waals surface area contributed by atoms with E-state index in [9.17, 15) is 30.3 Å². The number of H-pyrrole nitrogens is 1. The number of hydrogen-bond donors (Lipinski definition) is 6. The molecular formula is C13H9NO6. The monoisotopic (exact) mass is 275 g/mol. The summed E-state index contributed by atoms with van der Waals surface area (Å²) in [7, 11) is 0. The Morgan fingerprint density at radius 3 is 2.25 bits per heavy atom. The molecule has 6 N–H and O–H groups in total. The third-order valence-corrected chi connectivity index (χ3v) is 3.09. The van der Waals surface area contributed by atoms with E-state index >= 15 is 0 Å². The van der Waals surface area contributed by atoms with Crippen LogP contribution in [0.15, 0.2) is 23.0 Å². The Hall–Kier alpha value is -3.09. The topological polar surface area (TPSA) is 134 Å². The number of aromatic nitrogens is 1. The summed E-state index contributed by atoms with van der Waals surface area (Å²) in [6.45, 7) is 0. The SMILES string of the molecule is O=c1c2cc(O)c(O)c(O)c2[nH]c2cc(O)cc(O)c12. The number of aromatic hydroxyl groups is 5. The van der Waals surface area contributed by atoms with Gasteiger partial charge in [-0.3, -0.25) is 4.79 Å². The highest BCUT2D eigenvalue weighted by molar-refractivity contribution is 5.99. The van der Waals surface area contributed by atoms with Gasteiger partial charge in [0, 0.05) is 12.1 Å². The maximum atomic E-state index is 12.3. The molecule has 3 rings (SSSR count). The summed E-state index contributed by atoms with van der Waals surface area (Å²) >= 11 is 0. The van der Waals surface area contributed by atoms with Crippen molar-refractivity contribution in [3.8, 4) is 28.7 Å². The van der Waals surface area contributed by atoms with Crippen LogP contribution < -0.4 is 5.43 Å². The minimum Gasteiger partial charge on any atom is -0.508 e. The smallest absolute Gasteiger partial charge is 0.202 e. The maximum Gasteiger partial charge on any atom is 0.202 e. The first kappa shape index (κ1) is 12.0. The van der Waals surface area contributed by atoms with Crippen molar-refractivity contribution in [2.24, 2.45) is 0 Å². The number of hydrogen-bond acceptors (Lipinski definition) is 6. The molecule has 1 aromatic heterocycles. The van der Waals surface area contributed by atoms with E-state index < -0.39 is 28.4 Å². The molecule has 7 nitrogen and oxygen atoms in total. The fourth-order valence-corrected chi connectivity index (χ4v) is 2.17. The summed E-state index contributed by atoms with van der Waals surface area (Å²) in [6, 6.07) is 3.18. The van der Waals surface area contributed by atoms with Crippen molar-refractivity contribution in [3.63, 3.8) is 0 Å². The number of phenols is 5. The van der Waals surface area contributed by atoms with Crippen LogP contribution in [0.3, 0.4) is 0 Å². The zero-order valence-corrected chi connectivity index (χ0v) is 9.88. The van der Waals surface area contributed by atoms with Gasteiger partial charge in [-0.15, -0.1) is 0 Å². The second-order valence-electron chi connectivity index (χ2n) is 4.36. The lowest BCUT2D eigenvalue weighted by atomic mass is 10.1. The van der Waals surface area contributed by atoms with Crippen LogP contribution >= 0.6 is 0 Å². The van der Waals surface area contributed by atoms with Crippen LogP contribution in [0, 0.1) is 0 Å². The van der Waals surface area contributed by atoms with Crippen LogP contribution in [-0.4, -0.2) is 30.5 Å². The molecule has 3 aromatic rings. The normalized spacial score (nSPS) is 11.2. The number of fused-ring (bicyclic) bond motifs is 2. The van der Waals surface area contributed by atoms with Crippen LogP contribution in [0.2, 0.25) is 0 Å². The highest BCUT2D eigenvalue weighted by atomic mass is 16.3. The number of aromatic amines is 1. The Bertz CT molecular complexity index is 928. The Labute approximate surface area is 110 Å². The van der Waals surface area contributed by atoms with Gasteiger partial charge in [0.05, 0.1) is 21.8 Å². The predicted octanol–water partition coefficient (Wildman–Crippen LogP) is 1.21. The third kappa shape index (κ3) is 1.43. The molecule has 0 aliphatic heterocycles. The van der Waals surface area contributed by atoms with Crippen molar-refractivity contribution in [2.45, 2.75) is 0 Å². The van der Waals surface area contributed by atoms with Crippen molar-refractivity contribution in [3.05, 3.63) is 28.4 Å². The van der Waals surface area contributed by atoms with E-state index in [1.165, 1.54) is 6.07 Å². The van der Waals surface area contributed by atoms with E-state index in [0.717, 1.165) is 12.1 Å². The molecular weight excluding hydrogens is 266 g/mol. The van der Waals surface area contributed by atoms with Crippen LogP contribution in [0.1, 0.15) is 0 Å². The number of pyridine rings is 1. The zero-order chi connectivity index (χ0) is 14.6. The van der Waals surface area contributed by atoms with E-state index in [1.807, 2.05) is 0 Å². The summed E-state index contributed by atoms with van der Waals surface area (Å²) in [4.78, 5) is 14.9. The summed E-state index contributed by atoms with van der Waals surface area (Å²) in [6.07, 6.45) is 0. The Balaban J connectivity index is 2.65. The van der Waals surface area contributed by atoms with Gasteiger partial charge >= 0.3 is 0 Å². The van der Waals surface area contributed by atoms with Gasteiger partial charge in [0.15, 0.2) is 11.5 Å². The zero-order valence-electron chi connectivity index (χ0n) is 9.88. The Kier molecular flexibility index (Phi) is 2.22. The van der Waals surface area contributed by atoms with E-state index in [-0.39, 0.29) is 27.6 Å². The van der Waals surface area contributed by atoms with E-state index in [4.69, 9.17) is 0 Å². The molecule has 1 heterocycles. The van der Waals surface area contributed by atoms with Gasteiger partial charge in [-0.2, -0.15) is 0 Å². The number of rotatable bonds is 0. The van der Waals surface area contributed by atoms with Gasteiger partial charge in [-0.1, -0.05) is 0 Å².